The maximum Gasteiger partial charge on any atom is 0.294 e. The van der Waals surface area contributed by atoms with Crippen LogP contribution in [0.4, 0.5) is 11.4 Å². The van der Waals surface area contributed by atoms with Gasteiger partial charge in [-0.25, -0.2) is 12.7 Å². The topological polar surface area (TPSA) is 89.8 Å². The fourth-order valence-corrected chi connectivity index (χ4v) is 2.68. The molecule has 0 bridgehead atoms. The number of nitro groups is 1. The van der Waals surface area contributed by atoms with E-state index >= 15 is 0 Å². The Morgan fingerprint density at radius 1 is 1.32 bits per heavy atom. The molecular weight excluding hydrogens is 272 g/mol. The highest BCUT2D eigenvalue weighted by Gasteiger charge is 2.27. The van der Waals surface area contributed by atoms with E-state index in [0.29, 0.717) is 5.75 Å². The molecule has 0 saturated carbocycles. The Morgan fingerprint density at radius 2 is 2.05 bits per heavy atom. The molecule has 1 heterocycles. The molecule has 2 rings (SSSR count). The summed E-state index contributed by atoms with van der Waals surface area (Å²) < 4.78 is 29.6. The lowest BCUT2D eigenvalue weighted by molar-refractivity contribution is -0.384. The van der Waals surface area contributed by atoms with Gasteiger partial charge in [-0.2, -0.15) is 0 Å². The van der Waals surface area contributed by atoms with Crippen molar-refractivity contribution in [2.24, 2.45) is 0 Å². The zero-order valence-electron chi connectivity index (χ0n) is 9.89. The smallest absolute Gasteiger partial charge is 0.294 e. The Bertz CT molecular complexity index is 678. The number of nitro benzene ring substituents is 1. The lowest BCUT2D eigenvalue weighted by atomic mass is 10.2. The number of hydrogen-bond donors (Lipinski definition) is 0. The second kappa shape index (κ2) is 4.73. The van der Waals surface area contributed by atoms with Gasteiger partial charge in [0.25, 0.3) is 15.7 Å². The molecule has 0 saturated heterocycles. The van der Waals surface area contributed by atoms with Crippen molar-refractivity contribution in [1.82, 2.24) is 0 Å². The Hall–Kier alpha value is -2.35. The van der Waals surface area contributed by atoms with Crippen molar-refractivity contribution in [3.8, 4) is 5.75 Å². The van der Waals surface area contributed by atoms with Crippen LogP contribution in [0.25, 0.3) is 0 Å². The van der Waals surface area contributed by atoms with Crippen LogP contribution in [0, 0.1) is 10.1 Å². The van der Waals surface area contributed by atoms with Gasteiger partial charge in [0, 0.05) is 18.3 Å². The van der Waals surface area contributed by atoms with Crippen molar-refractivity contribution < 1.29 is 18.1 Å². The largest absolute Gasteiger partial charge is 0.497 e. The first-order valence-electron chi connectivity index (χ1n) is 5.17. The van der Waals surface area contributed by atoms with Gasteiger partial charge < -0.3 is 4.74 Å². The molecule has 7 nitrogen and oxygen atoms in total. The van der Waals surface area contributed by atoms with Crippen LogP contribution in [0.15, 0.2) is 42.0 Å². The molecule has 0 amide bonds. The molecule has 1 aromatic rings. The predicted octanol–water partition coefficient (Wildman–Crippen LogP) is 1.78. The Labute approximate surface area is 109 Å². The van der Waals surface area contributed by atoms with E-state index in [-0.39, 0.29) is 11.4 Å². The number of hydrogen-bond acceptors (Lipinski definition) is 5. The number of rotatable bonds is 3. The van der Waals surface area contributed by atoms with Gasteiger partial charge >= 0.3 is 0 Å². The van der Waals surface area contributed by atoms with E-state index in [4.69, 9.17) is 4.74 Å². The van der Waals surface area contributed by atoms with Crippen molar-refractivity contribution in [2.75, 3.05) is 11.4 Å². The Kier molecular flexibility index (Phi) is 3.26. The first-order valence-corrected chi connectivity index (χ1v) is 6.68. The average molecular weight is 282 g/mol. The quantitative estimate of drug-likeness (QED) is 0.622. The molecule has 1 aromatic carbocycles. The molecule has 0 fully saturated rings. The summed E-state index contributed by atoms with van der Waals surface area (Å²) in [6.45, 7) is 0. The molecule has 8 heteroatoms. The van der Waals surface area contributed by atoms with Gasteiger partial charge in [0.05, 0.1) is 17.4 Å². The minimum atomic E-state index is -3.75. The van der Waals surface area contributed by atoms with Crippen LogP contribution in [0.2, 0.25) is 0 Å². The van der Waals surface area contributed by atoms with Crippen LogP contribution in [-0.4, -0.2) is 20.5 Å². The van der Waals surface area contributed by atoms with Gasteiger partial charge in [-0.05, 0) is 18.2 Å². The molecule has 1 aliphatic heterocycles. The van der Waals surface area contributed by atoms with Gasteiger partial charge in [0.15, 0.2) is 0 Å². The van der Waals surface area contributed by atoms with Crippen molar-refractivity contribution >= 4 is 21.4 Å². The first-order chi connectivity index (χ1) is 8.95. The maximum atomic E-state index is 11.9. The highest BCUT2D eigenvalue weighted by molar-refractivity contribution is 7.95. The summed E-state index contributed by atoms with van der Waals surface area (Å²) in [6.07, 6.45) is 4.07. The van der Waals surface area contributed by atoms with Gasteiger partial charge in [0.1, 0.15) is 11.4 Å². The predicted molar refractivity (Wildman–Crippen MR) is 69.3 cm³/mol. The fraction of sp³-hybridized carbons (Fsp3) is 0.0909. The van der Waals surface area contributed by atoms with Crippen LogP contribution in [-0.2, 0) is 10.0 Å². The number of nitrogens with zero attached hydrogens (tertiary/aromatic N) is 2. The zero-order valence-corrected chi connectivity index (χ0v) is 10.7. The third-order valence-corrected chi connectivity index (χ3v) is 3.84. The Morgan fingerprint density at radius 3 is 2.63 bits per heavy atom. The third-order valence-electron chi connectivity index (χ3n) is 2.47. The summed E-state index contributed by atoms with van der Waals surface area (Å²) in [5, 5.41) is 11.9. The van der Waals surface area contributed by atoms with Crippen molar-refractivity contribution in [3.05, 3.63) is 52.1 Å². The molecule has 0 N–H and O–H groups in total. The number of anilines is 1. The van der Waals surface area contributed by atoms with E-state index in [1.807, 2.05) is 0 Å². The second-order valence-electron chi connectivity index (χ2n) is 3.62. The first kappa shape index (κ1) is 13.1. The number of allylic oxidation sites excluding steroid dienone is 2. The molecule has 19 heavy (non-hydrogen) atoms. The summed E-state index contributed by atoms with van der Waals surface area (Å²) in [6, 6.07) is 3.91. The van der Waals surface area contributed by atoms with Gasteiger partial charge in [0.2, 0.25) is 0 Å². The molecule has 1 aliphatic rings. The number of ether oxygens (including phenoxy) is 1. The molecular formula is C11H10N2O5S. The summed E-state index contributed by atoms with van der Waals surface area (Å²) in [5.74, 6) is 0.332. The van der Waals surface area contributed by atoms with Crippen molar-refractivity contribution in [2.45, 2.75) is 0 Å². The lowest BCUT2D eigenvalue weighted by Crippen LogP contribution is -2.25. The van der Waals surface area contributed by atoms with E-state index in [1.54, 1.807) is 0 Å². The van der Waals surface area contributed by atoms with Crippen molar-refractivity contribution in [1.29, 1.82) is 0 Å². The molecule has 100 valence electrons. The molecule has 0 aromatic heterocycles. The van der Waals surface area contributed by atoms with E-state index in [0.717, 1.165) is 9.71 Å². The summed E-state index contributed by atoms with van der Waals surface area (Å²) in [4.78, 5) is 10.3. The van der Waals surface area contributed by atoms with E-state index in [9.17, 15) is 18.5 Å². The second-order valence-corrected chi connectivity index (χ2v) is 5.32. The lowest BCUT2D eigenvalue weighted by Gasteiger charge is -2.20. The molecule has 0 atom stereocenters. The summed E-state index contributed by atoms with van der Waals surface area (Å²) in [5.41, 5.74) is -0.380. The number of benzene rings is 1. The number of methoxy groups -OCH3 is 1. The molecule has 0 unspecified atom stereocenters. The van der Waals surface area contributed by atoms with Gasteiger partial charge in [-0.3, -0.25) is 10.1 Å². The van der Waals surface area contributed by atoms with Crippen LogP contribution < -0.4 is 9.04 Å². The average Bonchev–Trinajstić information content (AvgIpc) is 2.37. The van der Waals surface area contributed by atoms with Gasteiger partial charge in [-0.15, -0.1) is 0 Å². The highest BCUT2D eigenvalue weighted by atomic mass is 32.2. The normalized spacial score (nSPS) is 16.4. The SMILES string of the molecule is COc1ccc([N+](=O)[O-])c(N2C=CC=CS2(=O)=O)c1. The van der Waals surface area contributed by atoms with Crippen LogP contribution in [0.5, 0.6) is 5.75 Å². The number of sulfonamides is 1. The van der Waals surface area contributed by atoms with Gasteiger partial charge in [-0.1, -0.05) is 0 Å². The maximum absolute atomic E-state index is 11.9. The molecule has 0 aliphatic carbocycles. The van der Waals surface area contributed by atoms with E-state index in [2.05, 4.69) is 0 Å². The standard InChI is InChI=1S/C11H10N2O5S/c1-18-9-4-5-10(13(14)15)11(8-9)12-6-2-3-7-19(12,16)17/h2-8H,1H3. The minimum absolute atomic E-state index is 0.0649. The van der Waals surface area contributed by atoms with Crippen molar-refractivity contribution in [3.63, 3.8) is 0 Å². The monoisotopic (exact) mass is 282 g/mol. The summed E-state index contributed by atoms with van der Waals surface area (Å²) >= 11 is 0. The van der Waals surface area contributed by atoms with E-state index < -0.39 is 14.9 Å². The van der Waals surface area contributed by atoms with Crippen LogP contribution in [0.3, 0.4) is 0 Å². The van der Waals surface area contributed by atoms with Crippen LogP contribution in [0.1, 0.15) is 0 Å². The third kappa shape index (κ3) is 2.43. The fourth-order valence-electron chi connectivity index (χ4n) is 1.60. The summed E-state index contributed by atoms with van der Waals surface area (Å²) in [7, 11) is -2.36. The Balaban J connectivity index is 2.63. The van der Waals surface area contributed by atoms with Crippen LogP contribution >= 0.6 is 0 Å². The molecule has 0 radical (unpaired) electrons. The zero-order chi connectivity index (χ0) is 14.0. The molecule has 0 spiro atoms. The van der Waals surface area contributed by atoms with E-state index in [1.165, 1.54) is 43.7 Å². The minimum Gasteiger partial charge on any atom is -0.497 e. The highest BCUT2D eigenvalue weighted by Crippen LogP contribution is 2.35.